The Balaban J connectivity index is 1.33. The molecule has 10 heteroatoms. The highest BCUT2D eigenvalue weighted by Crippen LogP contribution is 2.32. The van der Waals surface area contributed by atoms with Crippen LogP contribution in [0.15, 0.2) is 42.7 Å². The lowest BCUT2D eigenvalue weighted by Gasteiger charge is -2.47. The first-order valence-electron chi connectivity index (χ1n) is 11.5. The van der Waals surface area contributed by atoms with E-state index in [4.69, 9.17) is 9.47 Å². The zero-order chi connectivity index (χ0) is 23.7. The Morgan fingerprint density at radius 3 is 2.44 bits per heavy atom. The number of morpholine rings is 1. The van der Waals surface area contributed by atoms with E-state index in [0.29, 0.717) is 12.0 Å². The van der Waals surface area contributed by atoms with Gasteiger partial charge in [0.05, 0.1) is 25.0 Å². The van der Waals surface area contributed by atoms with Crippen molar-refractivity contribution >= 4 is 17.3 Å². The summed E-state index contributed by atoms with van der Waals surface area (Å²) < 4.78 is 39.9. The number of nitrogens with one attached hydrogen (secondary N) is 1. The molecule has 0 aliphatic carbocycles. The van der Waals surface area contributed by atoms with Gasteiger partial charge >= 0.3 is 0 Å². The molecule has 0 bridgehead atoms. The number of benzene rings is 2. The molecule has 5 rings (SSSR count). The van der Waals surface area contributed by atoms with Crippen molar-refractivity contribution in [2.24, 2.45) is 0 Å². The van der Waals surface area contributed by atoms with Crippen molar-refractivity contribution in [1.29, 1.82) is 0 Å². The minimum absolute atomic E-state index is 0.0285. The largest absolute Gasteiger partial charge is 0.491 e. The van der Waals surface area contributed by atoms with Gasteiger partial charge in [-0.25, -0.2) is 13.5 Å². The lowest BCUT2D eigenvalue weighted by molar-refractivity contribution is 0.0105. The Kier molecular flexibility index (Phi) is 6.34. The minimum atomic E-state index is -0.673. The van der Waals surface area contributed by atoms with E-state index in [1.165, 1.54) is 23.1 Å². The fraction of sp³-hybridized carbons (Fsp3) is 0.417. The number of anilines is 3. The molecule has 0 radical (unpaired) electrons. The minimum Gasteiger partial charge on any atom is -0.491 e. The van der Waals surface area contributed by atoms with Gasteiger partial charge < -0.3 is 19.7 Å². The van der Waals surface area contributed by atoms with Crippen molar-refractivity contribution in [1.82, 2.24) is 19.7 Å². The van der Waals surface area contributed by atoms with Gasteiger partial charge in [-0.2, -0.15) is 4.98 Å². The highest BCUT2D eigenvalue weighted by molar-refractivity contribution is 5.66. The molecule has 8 nitrogen and oxygen atoms in total. The first kappa shape index (κ1) is 22.5. The third-order valence-corrected chi connectivity index (χ3v) is 5.91. The molecular formula is C24H28F2N6O2. The molecule has 2 aliphatic rings. The number of hydrogen-bond donors (Lipinski definition) is 1. The van der Waals surface area contributed by atoms with Gasteiger partial charge in [0.15, 0.2) is 0 Å². The summed E-state index contributed by atoms with van der Waals surface area (Å²) in [7, 11) is 0. The number of halogens is 2. The first-order chi connectivity index (χ1) is 16.4. The summed E-state index contributed by atoms with van der Waals surface area (Å²) in [6.07, 6.45) is 1.44. The van der Waals surface area contributed by atoms with Crippen molar-refractivity contribution in [3.05, 3.63) is 54.4 Å². The van der Waals surface area contributed by atoms with E-state index in [-0.39, 0.29) is 11.8 Å². The number of nitrogens with zero attached hydrogens (tertiary/aromatic N) is 5. The molecule has 2 aromatic carbocycles. The lowest BCUT2D eigenvalue weighted by Crippen LogP contribution is -2.61. The van der Waals surface area contributed by atoms with E-state index < -0.39 is 11.6 Å². The highest BCUT2D eigenvalue weighted by atomic mass is 19.1. The van der Waals surface area contributed by atoms with Gasteiger partial charge in [-0.15, -0.1) is 5.10 Å². The fourth-order valence-electron chi connectivity index (χ4n) is 4.26. The molecule has 0 saturated carbocycles. The molecule has 2 fully saturated rings. The molecule has 1 aromatic heterocycles. The van der Waals surface area contributed by atoms with Crippen LogP contribution in [0.5, 0.6) is 5.75 Å². The fourth-order valence-corrected chi connectivity index (χ4v) is 4.26. The maximum Gasteiger partial charge on any atom is 0.246 e. The zero-order valence-electron chi connectivity index (χ0n) is 19.2. The second-order valence-corrected chi connectivity index (χ2v) is 8.85. The van der Waals surface area contributed by atoms with Gasteiger partial charge in [0.1, 0.15) is 23.7 Å². The maximum atomic E-state index is 13.6. The molecule has 3 heterocycles. The van der Waals surface area contributed by atoms with Crippen molar-refractivity contribution < 1.29 is 18.3 Å². The summed E-state index contributed by atoms with van der Waals surface area (Å²) in [5.41, 5.74) is 2.08. The van der Waals surface area contributed by atoms with E-state index in [0.717, 1.165) is 62.6 Å². The SMILES string of the molecule is CC(C)Oc1cc(Nc2ncn(-c3cc(F)cc(F)c3)n2)cc(N2CC(N3CCOCC3)C2)c1. The summed E-state index contributed by atoms with van der Waals surface area (Å²) >= 11 is 0. The predicted molar refractivity (Wildman–Crippen MR) is 125 cm³/mol. The quantitative estimate of drug-likeness (QED) is 0.566. The third-order valence-electron chi connectivity index (χ3n) is 5.91. The Labute approximate surface area is 197 Å². The summed E-state index contributed by atoms with van der Waals surface area (Å²) in [6, 6.07) is 9.72. The van der Waals surface area contributed by atoms with Crippen molar-refractivity contribution in [2.75, 3.05) is 49.6 Å². The first-order valence-corrected chi connectivity index (χ1v) is 11.5. The van der Waals surface area contributed by atoms with Crippen LogP contribution in [-0.4, -0.2) is 71.2 Å². The van der Waals surface area contributed by atoms with Crippen molar-refractivity contribution in [3.63, 3.8) is 0 Å². The van der Waals surface area contributed by atoms with Crippen LogP contribution in [-0.2, 0) is 4.74 Å². The van der Waals surface area contributed by atoms with Crippen molar-refractivity contribution in [3.8, 4) is 11.4 Å². The molecule has 0 amide bonds. The summed E-state index contributed by atoms with van der Waals surface area (Å²) in [6.45, 7) is 9.41. The molecule has 0 spiro atoms. The Hall–Kier alpha value is -3.24. The summed E-state index contributed by atoms with van der Waals surface area (Å²) in [5.74, 6) is -0.287. The molecule has 0 atom stereocenters. The summed E-state index contributed by atoms with van der Waals surface area (Å²) in [4.78, 5) is 9.05. The van der Waals surface area contributed by atoms with Crippen LogP contribution in [0.1, 0.15) is 13.8 Å². The highest BCUT2D eigenvalue weighted by Gasteiger charge is 2.33. The van der Waals surface area contributed by atoms with Crippen LogP contribution in [0.4, 0.5) is 26.1 Å². The van der Waals surface area contributed by atoms with Gasteiger partial charge in [0, 0.05) is 61.8 Å². The molecule has 3 aromatic rings. The van der Waals surface area contributed by atoms with E-state index in [2.05, 4.69) is 25.2 Å². The standard InChI is InChI=1S/C24H28F2N6O2/c1-16(2)34-23-11-19(10-20(12-23)31-13-22(14-31)30-3-5-33-6-4-30)28-24-27-15-32(29-24)21-8-17(25)7-18(26)9-21/h7-12,15-16,22H,3-6,13-14H2,1-2H3,(H,28,29). The monoisotopic (exact) mass is 470 g/mol. The van der Waals surface area contributed by atoms with Gasteiger partial charge in [0.2, 0.25) is 5.95 Å². The van der Waals surface area contributed by atoms with Gasteiger partial charge in [0.25, 0.3) is 0 Å². The molecular weight excluding hydrogens is 442 g/mol. The number of hydrogen-bond acceptors (Lipinski definition) is 7. The smallest absolute Gasteiger partial charge is 0.246 e. The second-order valence-electron chi connectivity index (χ2n) is 8.85. The van der Waals surface area contributed by atoms with Gasteiger partial charge in [-0.1, -0.05) is 0 Å². The number of ether oxygens (including phenoxy) is 2. The topological polar surface area (TPSA) is 67.7 Å². The van der Waals surface area contributed by atoms with Crippen LogP contribution >= 0.6 is 0 Å². The maximum absolute atomic E-state index is 13.6. The van der Waals surface area contributed by atoms with E-state index in [1.807, 2.05) is 32.0 Å². The van der Waals surface area contributed by atoms with Crippen LogP contribution in [0.3, 0.4) is 0 Å². The average Bonchev–Trinajstić information content (AvgIpc) is 3.21. The molecule has 2 aliphatic heterocycles. The Morgan fingerprint density at radius 2 is 1.74 bits per heavy atom. The van der Waals surface area contributed by atoms with Crippen LogP contribution in [0.25, 0.3) is 5.69 Å². The molecule has 2 saturated heterocycles. The average molecular weight is 471 g/mol. The lowest BCUT2D eigenvalue weighted by atomic mass is 10.0. The van der Waals surface area contributed by atoms with E-state index >= 15 is 0 Å². The molecule has 34 heavy (non-hydrogen) atoms. The van der Waals surface area contributed by atoms with Gasteiger partial charge in [-0.05, 0) is 32.0 Å². The molecule has 180 valence electrons. The normalized spacial score (nSPS) is 17.1. The molecule has 0 unspecified atom stereocenters. The van der Waals surface area contributed by atoms with Gasteiger partial charge in [-0.3, -0.25) is 4.90 Å². The second kappa shape index (κ2) is 9.55. The van der Waals surface area contributed by atoms with Crippen LogP contribution in [0.2, 0.25) is 0 Å². The number of rotatable bonds is 7. The zero-order valence-corrected chi connectivity index (χ0v) is 19.2. The van der Waals surface area contributed by atoms with Crippen LogP contribution in [0, 0.1) is 11.6 Å². The summed E-state index contributed by atoms with van der Waals surface area (Å²) in [5, 5.41) is 7.51. The van der Waals surface area contributed by atoms with E-state index in [1.54, 1.807) is 0 Å². The van der Waals surface area contributed by atoms with Crippen molar-refractivity contribution in [2.45, 2.75) is 26.0 Å². The number of aromatic nitrogens is 3. The van der Waals surface area contributed by atoms with Crippen LogP contribution < -0.4 is 15.0 Å². The van der Waals surface area contributed by atoms with E-state index in [9.17, 15) is 8.78 Å². The molecule has 1 N–H and O–H groups in total. The third kappa shape index (κ3) is 5.13. The Morgan fingerprint density at radius 1 is 1.00 bits per heavy atom. The predicted octanol–water partition coefficient (Wildman–Crippen LogP) is 3.60. The Bertz CT molecular complexity index is 1120.